The van der Waals surface area contributed by atoms with Crippen molar-refractivity contribution in [1.29, 1.82) is 0 Å². The van der Waals surface area contributed by atoms with Crippen LogP contribution in [0.2, 0.25) is 0 Å². The minimum absolute atomic E-state index is 0.130. The Labute approximate surface area is 129 Å². The van der Waals surface area contributed by atoms with Crippen molar-refractivity contribution in [2.75, 3.05) is 37.7 Å². The molecule has 2 fully saturated rings. The fraction of sp³-hybridized carbons (Fsp3) is 0.643. The zero-order valence-corrected chi connectivity index (χ0v) is 13.5. The minimum Gasteiger partial charge on any atom is -0.334 e. The number of hydrogen-bond acceptors (Lipinski definition) is 5. The first-order chi connectivity index (χ1) is 10.1. The smallest absolute Gasteiger partial charge is 0.237 e. The summed E-state index contributed by atoms with van der Waals surface area (Å²) in [4.78, 5) is 17.7. The molecule has 1 amide bonds. The molecule has 0 aliphatic carbocycles. The Morgan fingerprint density at radius 2 is 2.05 bits per heavy atom. The third-order valence-corrected chi connectivity index (χ3v) is 6.82. The quantitative estimate of drug-likeness (QED) is 0.835. The van der Waals surface area contributed by atoms with Crippen molar-refractivity contribution in [2.24, 2.45) is 0 Å². The Kier molecular flexibility index (Phi) is 4.33. The van der Waals surface area contributed by atoms with Crippen molar-refractivity contribution in [3.63, 3.8) is 0 Å². The SMILES string of the molecule is O=C(CN1CCS(=O)(=O)CC1)N1CCCC1c1cccs1. The van der Waals surface area contributed by atoms with E-state index < -0.39 is 9.84 Å². The zero-order chi connectivity index (χ0) is 14.9. The lowest BCUT2D eigenvalue weighted by Gasteiger charge is -2.30. The summed E-state index contributed by atoms with van der Waals surface area (Å²) in [5.74, 6) is 0.480. The van der Waals surface area contributed by atoms with Gasteiger partial charge in [-0.15, -0.1) is 11.3 Å². The maximum atomic E-state index is 12.5. The molecule has 2 aliphatic rings. The van der Waals surface area contributed by atoms with Gasteiger partial charge in [0, 0.05) is 24.5 Å². The van der Waals surface area contributed by atoms with Crippen molar-refractivity contribution >= 4 is 27.1 Å². The van der Waals surface area contributed by atoms with Gasteiger partial charge in [0.25, 0.3) is 0 Å². The molecular weight excluding hydrogens is 308 g/mol. The molecule has 3 rings (SSSR count). The lowest BCUT2D eigenvalue weighted by atomic mass is 10.2. The highest BCUT2D eigenvalue weighted by Crippen LogP contribution is 2.34. The number of likely N-dealkylation sites (tertiary alicyclic amines) is 1. The van der Waals surface area contributed by atoms with E-state index in [4.69, 9.17) is 0 Å². The Morgan fingerprint density at radius 3 is 2.71 bits per heavy atom. The predicted octanol–water partition coefficient (Wildman–Crippen LogP) is 1.14. The van der Waals surface area contributed by atoms with E-state index in [1.165, 1.54) is 4.88 Å². The normalized spacial score (nSPS) is 26.1. The number of sulfone groups is 1. The summed E-state index contributed by atoms with van der Waals surface area (Å²) in [7, 11) is -2.88. The molecule has 21 heavy (non-hydrogen) atoms. The highest BCUT2D eigenvalue weighted by molar-refractivity contribution is 7.91. The van der Waals surface area contributed by atoms with Gasteiger partial charge in [0.05, 0.1) is 24.1 Å². The molecule has 0 saturated carbocycles. The van der Waals surface area contributed by atoms with Crippen LogP contribution in [-0.4, -0.2) is 61.8 Å². The standard InChI is InChI=1S/C14H20N2O3S2/c17-14(11-15-6-9-21(18,19)10-7-15)16-5-1-3-12(16)13-4-2-8-20-13/h2,4,8,12H,1,3,5-7,9-11H2. The lowest BCUT2D eigenvalue weighted by Crippen LogP contribution is -2.46. The number of amides is 1. The van der Waals surface area contributed by atoms with Crippen LogP contribution in [0.5, 0.6) is 0 Å². The van der Waals surface area contributed by atoms with Crippen LogP contribution >= 0.6 is 11.3 Å². The van der Waals surface area contributed by atoms with Crippen LogP contribution in [-0.2, 0) is 14.6 Å². The number of hydrogen-bond donors (Lipinski definition) is 0. The number of carbonyl (C=O) groups excluding carboxylic acids is 1. The molecule has 1 aromatic rings. The Hall–Kier alpha value is -0.920. The molecule has 0 radical (unpaired) electrons. The van der Waals surface area contributed by atoms with Crippen LogP contribution in [0.3, 0.4) is 0 Å². The Morgan fingerprint density at radius 1 is 1.29 bits per heavy atom. The molecule has 2 saturated heterocycles. The summed E-state index contributed by atoms with van der Waals surface area (Å²) in [6.45, 7) is 2.11. The third-order valence-electron chi connectivity index (χ3n) is 4.24. The van der Waals surface area contributed by atoms with Crippen LogP contribution < -0.4 is 0 Å². The number of rotatable bonds is 3. The summed E-state index contributed by atoms with van der Waals surface area (Å²) in [6.07, 6.45) is 2.07. The van der Waals surface area contributed by atoms with E-state index in [-0.39, 0.29) is 23.5 Å². The molecule has 7 heteroatoms. The third kappa shape index (κ3) is 3.46. The van der Waals surface area contributed by atoms with Gasteiger partial charge >= 0.3 is 0 Å². The van der Waals surface area contributed by atoms with Gasteiger partial charge in [0.2, 0.25) is 5.91 Å². The average molecular weight is 328 g/mol. The maximum Gasteiger partial charge on any atom is 0.237 e. The first-order valence-electron chi connectivity index (χ1n) is 7.31. The van der Waals surface area contributed by atoms with Gasteiger partial charge < -0.3 is 4.90 Å². The van der Waals surface area contributed by atoms with Crippen molar-refractivity contribution < 1.29 is 13.2 Å². The highest BCUT2D eigenvalue weighted by Gasteiger charge is 2.32. The van der Waals surface area contributed by atoms with Gasteiger partial charge in [-0.1, -0.05) is 6.07 Å². The molecule has 0 bridgehead atoms. The predicted molar refractivity (Wildman–Crippen MR) is 83.1 cm³/mol. The minimum atomic E-state index is -2.88. The fourth-order valence-corrected chi connectivity index (χ4v) is 5.18. The molecule has 1 unspecified atom stereocenters. The molecule has 5 nitrogen and oxygen atoms in total. The van der Waals surface area contributed by atoms with Gasteiger partial charge in [-0.2, -0.15) is 0 Å². The van der Waals surface area contributed by atoms with E-state index >= 15 is 0 Å². The van der Waals surface area contributed by atoms with E-state index in [0.29, 0.717) is 19.6 Å². The average Bonchev–Trinajstić information content (AvgIpc) is 3.10. The summed E-state index contributed by atoms with van der Waals surface area (Å²) >= 11 is 1.70. The van der Waals surface area contributed by atoms with Gasteiger partial charge in [0.15, 0.2) is 9.84 Å². The van der Waals surface area contributed by atoms with Crippen molar-refractivity contribution in [2.45, 2.75) is 18.9 Å². The summed E-state index contributed by atoms with van der Waals surface area (Å²) < 4.78 is 22.8. The van der Waals surface area contributed by atoms with E-state index in [9.17, 15) is 13.2 Å². The number of nitrogens with zero attached hydrogens (tertiary/aromatic N) is 2. The topological polar surface area (TPSA) is 57.7 Å². The molecule has 0 spiro atoms. The molecule has 1 aromatic heterocycles. The summed E-state index contributed by atoms with van der Waals surface area (Å²) in [5, 5.41) is 2.05. The largest absolute Gasteiger partial charge is 0.334 e. The van der Waals surface area contributed by atoms with Gasteiger partial charge in [-0.05, 0) is 24.3 Å². The molecule has 0 aromatic carbocycles. The van der Waals surface area contributed by atoms with E-state index in [2.05, 4.69) is 6.07 Å². The second-order valence-corrected chi connectivity index (χ2v) is 8.97. The second kappa shape index (κ2) is 6.06. The zero-order valence-electron chi connectivity index (χ0n) is 11.9. The first kappa shape index (κ1) is 15.0. The molecule has 0 N–H and O–H groups in total. The van der Waals surface area contributed by atoms with Crippen molar-refractivity contribution in [3.8, 4) is 0 Å². The molecular formula is C14H20N2O3S2. The van der Waals surface area contributed by atoms with Crippen LogP contribution in [0.25, 0.3) is 0 Å². The van der Waals surface area contributed by atoms with Gasteiger partial charge in [-0.25, -0.2) is 8.42 Å². The molecule has 1 atom stereocenters. The van der Waals surface area contributed by atoms with E-state index in [1.807, 2.05) is 21.2 Å². The molecule has 2 aliphatic heterocycles. The maximum absolute atomic E-state index is 12.5. The van der Waals surface area contributed by atoms with E-state index in [1.54, 1.807) is 11.3 Å². The Balaban J connectivity index is 1.60. The number of carbonyl (C=O) groups is 1. The first-order valence-corrected chi connectivity index (χ1v) is 10.0. The van der Waals surface area contributed by atoms with E-state index in [0.717, 1.165) is 19.4 Å². The van der Waals surface area contributed by atoms with Crippen LogP contribution in [0.4, 0.5) is 0 Å². The summed E-state index contributed by atoms with van der Waals surface area (Å²) in [5.41, 5.74) is 0. The molecule has 116 valence electrons. The van der Waals surface area contributed by atoms with Crippen LogP contribution in [0.15, 0.2) is 17.5 Å². The molecule has 3 heterocycles. The highest BCUT2D eigenvalue weighted by atomic mass is 32.2. The summed E-state index contributed by atoms with van der Waals surface area (Å²) in [6, 6.07) is 4.33. The number of thiophene rings is 1. The second-order valence-electron chi connectivity index (χ2n) is 5.69. The van der Waals surface area contributed by atoms with Crippen molar-refractivity contribution in [3.05, 3.63) is 22.4 Å². The van der Waals surface area contributed by atoms with Crippen LogP contribution in [0.1, 0.15) is 23.8 Å². The lowest BCUT2D eigenvalue weighted by molar-refractivity contribution is -0.133. The Bertz CT molecular complexity index is 584. The van der Waals surface area contributed by atoms with Crippen LogP contribution in [0, 0.1) is 0 Å². The fourth-order valence-electron chi connectivity index (χ4n) is 3.03. The monoisotopic (exact) mass is 328 g/mol. The van der Waals surface area contributed by atoms with Gasteiger partial charge in [0.1, 0.15) is 0 Å². The van der Waals surface area contributed by atoms with Crippen molar-refractivity contribution in [1.82, 2.24) is 9.80 Å². The van der Waals surface area contributed by atoms with Gasteiger partial charge in [-0.3, -0.25) is 9.69 Å².